The third-order valence-corrected chi connectivity index (χ3v) is 5.57. The van der Waals surface area contributed by atoms with E-state index in [1.807, 2.05) is 38.1 Å². The summed E-state index contributed by atoms with van der Waals surface area (Å²) in [5.41, 5.74) is 4.92. The summed E-state index contributed by atoms with van der Waals surface area (Å²) in [4.78, 5) is 13.5. The van der Waals surface area contributed by atoms with Crippen LogP contribution in [0.1, 0.15) is 42.1 Å². The van der Waals surface area contributed by atoms with E-state index >= 15 is 0 Å². The van der Waals surface area contributed by atoms with Gasteiger partial charge in [-0.3, -0.25) is 4.79 Å². The van der Waals surface area contributed by atoms with E-state index in [2.05, 4.69) is 38.2 Å². The van der Waals surface area contributed by atoms with Crippen LogP contribution in [0.2, 0.25) is 5.02 Å². The average Bonchev–Trinajstić information content (AvgIpc) is 2.52. The van der Waals surface area contributed by atoms with Gasteiger partial charge in [0, 0.05) is 9.92 Å². The number of thioether (sulfide) groups is 1. The third-order valence-electron chi connectivity index (χ3n) is 4.20. The van der Waals surface area contributed by atoms with Crippen molar-refractivity contribution < 1.29 is 4.79 Å². The number of benzene rings is 2. The molecule has 0 aliphatic rings. The van der Waals surface area contributed by atoms with Gasteiger partial charge in [0.05, 0.1) is 11.3 Å². The number of aryl methyl sites for hydroxylation is 3. The summed E-state index contributed by atoms with van der Waals surface area (Å²) < 4.78 is 0. The first-order valence-electron chi connectivity index (χ1n) is 8.08. The predicted molar refractivity (Wildman–Crippen MR) is 104 cm³/mol. The average molecular weight is 362 g/mol. The maximum Gasteiger partial charge on any atom is 0.233 e. The lowest BCUT2D eigenvalue weighted by Gasteiger charge is -2.20. The molecule has 0 spiro atoms. The Labute approximate surface area is 154 Å². The van der Waals surface area contributed by atoms with Crippen LogP contribution in [0.3, 0.4) is 0 Å². The molecule has 0 bridgehead atoms. The molecule has 0 unspecified atom stereocenters. The van der Waals surface area contributed by atoms with Crippen molar-refractivity contribution in [1.29, 1.82) is 0 Å². The molecule has 1 amide bonds. The third kappa shape index (κ3) is 4.78. The van der Waals surface area contributed by atoms with E-state index in [0.717, 1.165) is 4.90 Å². The lowest BCUT2D eigenvalue weighted by Crippen LogP contribution is -2.33. The van der Waals surface area contributed by atoms with E-state index in [1.165, 1.54) is 34.0 Å². The first-order chi connectivity index (χ1) is 11.3. The molecule has 0 fully saturated rings. The molecule has 2 rings (SSSR count). The highest BCUT2D eigenvalue weighted by Crippen LogP contribution is 2.26. The van der Waals surface area contributed by atoms with Gasteiger partial charge in [0.25, 0.3) is 0 Å². The van der Waals surface area contributed by atoms with Gasteiger partial charge >= 0.3 is 0 Å². The normalized spacial score (nSPS) is 13.4. The van der Waals surface area contributed by atoms with Crippen LogP contribution >= 0.6 is 23.4 Å². The van der Waals surface area contributed by atoms with Crippen LogP contribution in [0.5, 0.6) is 0 Å². The SMILES string of the molecule is Cc1cc(C)c([C@@H](C)NC(=O)[C@@H](C)Sc2ccc(Cl)cc2)cc1C. The lowest BCUT2D eigenvalue weighted by atomic mass is 9.96. The highest BCUT2D eigenvalue weighted by molar-refractivity contribution is 8.00. The Morgan fingerprint density at radius 1 is 1.00 bits per heavy atom. The van der Waals surface area contributed by atoms with Crippen molar-refractivity contribution in [2.24, 2.45) is 0 Å². The molecule has 2 nitrogen and oxygen atoms in total. The summed E-state index contributed by atoms with van der Waals surface area (Å²) >= 11 is 7.43. The molecular formula is C20H24ClNOS. The molecule has 2 atom stereocenters. The number of hydrogen-bond acceptors (Lipinski definition) is 2. The standard InChI is InChI=1S/C20H24ClNOS/c1-12-10-14(3)19(11-13(12)2)15(4)22-20(23)16(5)24-18-8-6-17(21)7-9-18/h6-11,15-16H,1-5H3,(H,22,23)/t15-,16-/m1/s1. The van der Waals surface area contributed by atoms with Gasteiger partial charge in [0.2, 0.25) is 5.91 Å². The zero-order valence-electron chi connectivity index (χ0n) is 14.8. The number of carbonyl (C=O) groups excluding carboxylic acids is 1. The number of nitrogens with one attached hydrogen (secondary N) is 1. The van der Waals surface area contributed by atoms with Gasteiger partial charge in [-0.05, 0) is 81.1 Å². The minimum Gasteiger partial charge on any atom is -0.349 e. The predicted octanol–water partition coefficient (Wildman–Crippen LogP) is 5.62. The molecular weight excluding hydrogens is 338 g/mol. The fourth-order valence-electron chi connectivity index (χ4n) is 2.63. The molecule has 0 radical (unpaired) electrons. The van der Waals surface area contributed by atoms with Crippen molar-refractivity contribution in [2.45, 2.75) is 50.8 Å². The monoisotopic (exact) mass is 361 g/mol. The van der Waals surface area contributed by atoms with Crippen LogP contribution in [-0.4, -0.2) is 11.2 Å². The van der Waals surface area contributed by atoms with Crippen LogP contribution < -0.4 is 5.32 Å². The van der Waals surface area contributed by atoms with E-state index in [1.54, 1.807) is 0 Å². The smallest absolute Gasteiger partial charge is 0.233 e. The summed E-state index contributed by atoms with van der Waals surface area (Å²) in [6.45, 7) is 10.3. The number of carbonyl (C=O) groups is 1. The minimum absolute atomic E-state index is 0.00920. The van der Waals surface area contributed by atoms with Crippen molar-refractivity contribution in [3.05, 3.63) is 63.7 Å². The molecule has 24 heavy (non-hydrogen) atoms. The molecule has 0 saturated carbocycles. The van der Waals surface area contributed by atoms with Gasteiger partial charge in [0.15, 0.2) is 0 Å². The van der Waals surface area contributed by atoms with Crippen molar-refractivity contribution in [1.82, 2.24) is 5.32 Å². The molecule has 0 saturated heterocycles. The maximum absolute atomic E-state index is 12.5. The molecule has 4 heteroatoms. The maximum atomic E-state index is 12.5. The number of halogens is 1. The van der Waals surface area contributed by atoms with E-state index in [9.17, 15) is 4.79 Å². The molecule has 1 N–H and O–H groups in total. The fourth-order valence-corrected chi connectivity index (χ4v) is 3.63. The topological polar surface area (TPSA) is 29.1 Å². The van der Waals surface area contributed by atoms with Gasteiger partial charge < -0.3 is 5.32 Å². The molecule has 0 aliphatic carbocycles. The van der Waals surface area contributed by atoms with Crippen LogP contribution in [0.15, 0.2) is 41.3 Å². The van der Waals surface area contributed by atoms with Crippen LogP contribution in [0.4, 0.5) is 0 Å². The quantitative estimate of drug-likeness (QED) is 0.700. The first-order valence-corrected chi connectivity index (χ1v) is 9.34. The van der Waals surface area contributed by atoms with Crippen LogP contribution in [0, 0.1) is 20.8 Å². The minimum atomic E-state index is -0.166. The summed E-state index contributed by atoms with van der Waals surface area (Å²) in [7, 11) is 0. The Balaban J connectivity index is 2.03. The van der Waals surface area contributed by atoms with Gasteiger partial charge in [-0.15, -0.1) is 11.8 Å². The van der Waals surface area contributed by atoms with Crippen molar-refractivity contribution >= 4 is 29.3 Å². The second kappa shape index (κ2) is 8.09. The Bertz CT molecular complexity index is 727. The summed E-state index contributed by atoms with van der Waals surface area (Å²) in [6, 6.07) is 11.9. The van der Waals surface area contributed by atoms with Crippen LogP contribution in [0.25, 0.3) is 0 Å². The molecule has 2 aromatic carbocycles. The first kappa shape index (κ1) is 18.9. The van der Waals surface area contributed by atoms with Crippen molar-refractivity contribution in [3.63, 3.8) is 0 Å². The fraction of sp³-hybridized carbons (Fsp3) is 0.350. The highest BCUT2D eigenvalue weighted by atomic mass is 35.5. The largest absolute Gasteiger partial charge is 0.349 e. The molecule has 0 heterocycles. The molecule has 0 aromatic heterocycles. The summed E-state index contributed by atoms with van der Waals surface area (Å²) in [5.74, 6) is 0.0417. The van der Waals surface area contributed by atoms with Crippen molar-refractivity contribution in [3.8, 4) is 0 Å². The second-order valence-corrected chi connectivity index (χ2v) is 8.09. The summed E-state index contributed by atoms with van der Waals surface area (Å²) in [6.07, 6.45) is 0. The van der Waals surface area contributed by atoms with Crippen LogP contribution in [-0.2, 0) is 4.79 Å². The highest BCUT2D eigenvalue weighted by Gasteiger charge is 2.18. The number of hydrogen-bond donors (Lipinski definition) is 1. The number of rotatable bonds is 5. The van der Waals surface area contributed by atoms with Gasteiger partial charge in [-0.1, -0.05) is 23.7 Å². The van der Waals surface area contributed by atoms with E-state index in [4.69, 9.17) is 11.6 Å². The zero-order chi connectivity index (χ0) is 17.9. The zero-order valence-corrected chi connectivity index (χ0v) is 16.4. The Kier molecular flexibility index (Phi) is 6.36. The van der Waals surface area contributed by atoms with E-state index in [-0.39, 0.29) is 17.2 Å². The summed E-state index contributed by atoms with van der Waals surface area (Å²) in [5, 5.41) is 3.67. The van der Waals surface area contributed by atoms with Gasteiger partial charge in [-0.2, -0.15) is 0 Å². The Morgan fingerprint density at radius 3 is 2.21 bits per heavy atom. The lowest BCUT2D eigenvalue weighted by molar-refractivity contribution is -0.120. The molecule has 0 aliphatic heterocycles. The second-order valence-electron chi connectivity index (χ2n) is 6.24. The Morgan fingerprint density at radius 2 is 1.58 bits per heavy atom. The van der Waals surface area contributed by atoms with Crippen molar-refractivity contribution in [2.75, 3.05) is 0 Å². The molecule has 128 valence electrons. The molecule has 2 aromatic rings. The number of amides is 1. The van der Waals surface area contributed by atoms with Gasteiger partial charge in [0.1, 0.15) is 0 Å². The van der Waals surface area contributed by atoms with Gasteiger partial charge in [-0.25, -0.2) is 0 Å². The Hall–Kier alpha value is -1.45. The van der Waals surface area contributed by atoms with E-state index < -0.39 is 0 Å². The van der Waals surface area contributed by atoms with E-state index in [0.29, 0.717) is 5.02 Å².